The van der Waals surface area contributed by atoms with Crippen molar-refractivity contribution in [1.82, 2.24) is 10.6 Å². The molecule has 1 aromatic rings. The van der Waals surface area contributed by atoms with Gasteiger partial charge in [0.05, 0.1) is 0 Å². The summed E-state index contributed by atoms with van der Waals surface area (Å²) in [5.41, 5.74) is 6.53. The van der Waals surface area contributed by atoms with Gasteiger partial charge in [0, 0.05) is 30.6 Å². The predicted molar refractivity (Wildman–Crippen MR) is 88.9 cm³/mol. The van der Waals surface area contributed by atoms with Crippen LogP contribution in [0.5, 0.6) is 0 Å². The number of carbonyl (C=O) groups is 2. The minimum absolute atomic E-state index is 0. The van der Waals surface area contributed by atoms with E-state index < -0.39 is 0 Å². The van der Waals surface area contributed by atoms with E-state index in [1.54, 1.807) is 12.1 Å². The van der Waals surface area contributed by atoms with E-state index in [0.717, 1.165) is 0 Å². The second-order valence-corrected chi connectivity index (χ2v) is 5.75. The maximum absolute atomic E-state index is 11.9. The van der Waals surface area contributed by atoms with Crippen molar-refractivity contribution >= 4 is 24.2 Å². The number of rotatable bonds is 7. The monoisotopic (exact) mass is 325 g/mol. The summed E-state index contributed by atoms with van der Waals surface area (Å²) in [5.74, 6) is 0.332. The van der Waals surface area contributed by atoms with Crippen LogP contribution in [0.1, 0.15) is 36.5 Å². The van der Waals surface area contributed by atoms with Gasteiger partial charge in [0.1, 0.15) is 0 Å². The summed E-state index contributed by atoms with van der Waals surface area (Å²) in [6.45, 7) is 2.34. The van der Waals surface area contributed by atoms with Gasteiger partial charge in [0.25, 0.3) is 5.91 Å². The number of halogens is 1. The standard InChI is InChI=1S/C16H23N3O2.ClH/c1-11(19-16(21)13-5-3-2-4-6-13)9-15(20)18-10-14(17)12-7-8-12;/h2-6,11-12,14H,7-10,17H2,1H3,(H,18,20)(H,19,21);1H. The van der Waals surface area contributed by atoms with E-state index in [-0.39, 0.29) is 42.7 Å². The summed E-state index contributed by atoms with van der Waals surface area (Å²) in [5, 5.41) is 5.65. The maximum atomic E-state index is 11.9. The molecule has 2 unspecified atom stereocenters. The normalized spacial score (nSPS) is 16.1. The molecule has 2 rings (SSSR count). The van der Waals surface area contributed by atoms with Crippen LogP contribution in [0, 0.1) is 5.92 Å². The van der Waals surface area contributed by atoms with Crippen molar-refractivity contribution in [1.29, 1.82) is 0 Å². The summed E-state index contributed by atoms with van der Waals surface area (Å²) >= 11 is 0. The van der Waals surface area contributed by atoms with Crippen molar-refractivity contribution in [3.8, 4) is 0 Å². The van der Waals surface area contributed by atoms with Gasteiger partial charge in [-0.3, -0.25) is 9.59 Å². The average molecular weight is 326 g/mol. The Hall–Kier alpha value is -1.59. The second kappa shape index (κ2) is 8.76. The number of amides is 2. The Morgan fingerprint density at radius 3 is 2.50 bits per heavy atom. The Kier molecular flexibility index (Phi) is 7.35. The molecular formula is C16H24ClN3O2. The molecule has 0 heterocycles. The van der Waals surface area contributed by atoms with Gasteiger partial charge in [-0.1, -0.05) is 18.2 Å². The van der Waals surface area contributed by atoms with Crippen molar-refractivity contribution < 1.29 is 9.59 Å². The summed E-state index contributed by atoms with van der Waals surface area (Å²) < 4.78 is 0. The van der Waals surface area contributed by atoms with E-state index >= 15 is 0 Å². The van der Waals surface area contributed by atoms with Crippen LogP contribution < -0.4 is 16.4 Å². The highest BCUT2D eigenvalue weighted by molar-refractivity contribution is 5.94. The molecule has 1 aromatic carbocycles. The van der Waals surface area contributed by atoms with E-state index in [2.05, 4.69) is 10.6 Å². The third kappa shape index (κ3) is 6.03. The molecule has 0 bridgehead atoms. The molecule has 2 amide bonds. The second-order valence-electron chi connectivity index (χ2n) is 5.75. The molecule has 1 aliphatic rings. The molecule has 0 aromatic heterocycles. The van der Waals surface area contributed by atoms with Crippen LogP contribution in [-0.2, 0) is 4.79 Å². The van der Waals surface area contributed by atoms with E-state index in [9.17, 15) is 9.59 Å². The lowest BCUT2D eigenvalue weighted by molar-refractivity contribution is -0.121. The third-order valence-corrected chi connectivity index (χ3v) is 3.67. The first-order valence-corrected chi connectivity index (χ1v) is 7.44. The molecule has 0 aliphatic heterocycles. The zero-order chi connectivity index (χ0) is 15.2. The molecule has 0 saturated heterocycles. The predicted octanol–water partition coefficient (Wildman–Crippen LogP) is 1.47. The van der Waals surface area contributed by atoms with Gasteiger partial charge in [-0.25, -0.2) is 0 Å². The Balaban J connectivity index is 0.00000242. The Morgan fingerprint density at radius 2 is 1.91 bits per heavy atom. The minimum atomic E-state index is -0.213. The average Bonchev–Trinajstić information content (AvgIpc) is 3.30. The Labute approximate surface area is 137 Å². The van der Waals surface area contributed by atoms with E-state index in [4.69, 9.17) is 5.73 Å². The van der Waals surface area contributed by atoms with Crippen LogP contribution in [0.4, 0.5) is 0 Å². The molecule has 6 heteroatoms. The lowest BCUT2D eigenvalue weighted by Crippen LogP contribution is -2.42. The first-order valence-electron chi connectivity index (χ1n) is 7.44. The zero-order valence-corrected chi connectivity index (χ0v) is 13.6. The highest BCUT2D eigenvalue weighted by Gasteiger charge is 2.28. The lowest BCUT2D eigenvalue weighted by Gasteiger charge is -2.15. The largest absolute Gasteiger partial charge is 0.354 e. The van der Waals surface area contributed by atoms with Crippen molar-refractivity contribution in [2.75, 3.05) is 6.54 Å². The Morgan fingerprint density at radius 1 is 1.27 bits per heavy atom. The third-order valence-electron chi connectivity index (χ3n) is 3.67. The molecule has 1 aliphatic carbocycles. The first kappa shape index (κ1) is 18.5. The topological polar surface area (TPSA) is 84.2 Å². The van der Waals surface area contributed by atoms with Crippen molar-refractivity contribution in [2.24, 2.45) is 11.7 Å². The quantitative estimate of drug-likeness (QED) is 0.709. The summed E-state index contributed by atoms with van der Waals surface area (Å²) in [4.78, 5) is 23.7. The number of hydrogen-bond acceptors (Lipinski definition) is 3. The molecular weight excluding hydrogens is 302 g/mol. The van der Waals surface area contributed by atoms with Gasteiger partial charge in [0.2, 0.25) is 5.91 Å². The summed E-state index contributed by atoms with van der Waals surface area (Å²) in [6, 6.07) is 8.82. The maximum Gasteiger partial charge on any atom is 0.251 e. The lowest BCUT2D eigenvalue weighted by atomic mass is 10.1. The van der Waals surface area contributed by atoms with Crippen LogP contribution in [0.3, 0.4) is 0 Å². The summed E-state index contributed by atoms with van der Waals surface area (Å²) in [7, 11) is 0. The SMILES string of the molecule is CC(CC(=O)NCC(N)C1CC1)NC(=O)c1ccccc1.Cl. The highest BCUT2D eigenvalue weighted by atomic mass is 35.5. The van der Waals surface area contributed by atoms with Crippen molar-refractivity contribution in [2.45, 2.75) is 38.3 Å². The molecule has 122 valence electrons. The van der Waals surface area contributed by atoms with Crippen molar-refractivity contribution in [3.05, 3.63) is 35.9 Å². The minimum Gasteiger partial charge on any atom is -0.354 e. The van der Waals surface area contributed by atoms with Gasteiger partial charge < -0.3 is 16.4 Å². The van der Waals surface area contributed by atoms with Crippen LogP contribution >= 0.6 is 12.4 Å². The molecule has 1 fully saturated rings. The summed E-state index contributed by atoms with van der Waals surface area (Å²) in [6.07, 6.45) is 2.59. The number of carbonyl (C=O) groups excluding carboxylic acids is 2. The fraction of sp³-hybridized carbons (Fsp3) is 0.500. The molecule has 5 nitrogen and oxygen atoms in total. The van der Waals surface area contributed by atoms with Gasteiger partial charge in [-0.05, 0) is 37.8 Å². The number of hydrogen-bond donors (Lipinski definition) is 3. The van der Waals surface area contributed by atoms with Gasteiger partial charge in [0.15, 0.2) is 0 Å². The van der Waals surface area contributed by atoms with Crippen LogP contribution in [0.2, 0.25) is 0 Å². The van der Waals surface area contributed by atoms with Gasteiger partial charge in [-0.15, -0.1) is 12.4 Å². The Bertz CT molecular complexity index is 491. The number of nitrogens with one attached hydrogen (secondary N) is 2. The molecule has 0 radical (unpaired) electrons. The first-order chi connectivity index (χ1) is 10.1. The highest BCUT2D eigenvalue weighted by Crippen LogP contribution is 2.31. The van der Waals surface area contributed by atoms with Gasteiger partial charge in [-0.2, -0.15) is 0 Å². The van der Waals surface area contributed by atoms with E-state index in [1.165, 1.54) is 12.8 Å². The fourth-order valence-corrected chi connectivity index (χ4v) is 2.22. The molecule has 1 saturated carbocycles. The number of nitrogens with two attached hydrogens (primary N) is 1. The molecule has 22 heavy (non-hydrogen) atoms. The van der Waals surface area contributed by atoms with E-state index in [1.807, 2.05) is 25.1 Å². The van der Waals surface area contributed by atoms with Gasteiger partial charge >= 0.3 is 0 Å². The van der Waals surface area contributed by atoms with Crippen LogP contribution in [-0.4, -0.2) is 30.4 Å². The smallest absolute Gasteiger partial charge is 0.251 e. The van der Waals surface area contributed by atoms with Crippen LogP contribution in [0.15, 0.2) is 30.3 Å². The van der Waals surface area contributed by atoms with Crippen LogP contribution in [0.25, 0.3) is 0 Å². The zero-order valence-electron chi connectivity index (χ0n) is 12.7. The number of benzene rings is 1. The fourth-order valence-electron chi connectivity index (χ4n) is 2.22. The molecule has 0 spiro atoms. The molecule has 2 atom stereocenters. The van der Waals surface area contributed by atoms with Crippen molar-refractivity contribution in [3.63, 3.8) is 0 Å². The van der Waals surface area contributed by atoms with E-state index in [0.29, 0.717) is 18.0 Å². The molecule has 4 N–H and O–H groups in total.